The molecule has 0 atom stereocenters. The summed E-state index contributed by atoms with van der Waals surface area (Å²) in [5.74, 6) is 0.0872. The van der Waals surface area contributed by atoms with Gasteiger partial charge in [0, 0.05) is 35.4 Å². The van der Waals surface area contributed by atoms with Crippen LogP contribution in [0.3, 0.4) is 0 Å². The van der Waals surface area contributed by atoms with Gasteiger partial charge >= 0.3 is 0 Å². The summed E-state index contributed by atoms with van der Waals surface area (Å²) in [5.41, 5.74) is 2.61. The first-order valence-electron chi connectivity index (χ1n) is 10.9. The average Bonchev–Trinajstić information content (AvgIpc) is 3.20. The van der Waals surface area contributed by atoms with Crippen LogP contribution in [0.4, 0.5) is 10.7 Å². The smallest absolute Gasteiger partial charge is 0.258 e. The molecule has 2 aromatic heterocycles. The first-order chi connectivity index (χ1) is 16.2. The number of pyridine rings is 1. The molecule has 0 bridgehead atoms. The number of rotatable bonds is 8. The number of aromatic nitrogens is 1. The Labute approximate surface area is 196 Å². The fourth-order valence-corrected chi connectivity index (χ4v) is 5.05. The molecule has 4 rings (SSSR count). The van der Waals surface area contributed by atoms with Crippen LogP contribution in [0.1, 0.15) is 56.8 Å². The van der Waals surface area contributed by atoms with Crippen molar-refractivity contribution in [2.24, 2.45) is 0 Å². The molecule has 0 spiro atoms. The second-order valence-electron chi connectivity index (χ2n) is 7.70. The maximum Gasteiger partial charge on any atom is 0.258 e. The highest BCUT2D eigenvalue weighted by atomic mass is 32.1. The molecule has 7 nitrogen and oxygen atoms in total. The van der Waals surface area contributed by atoms with Crippen LogP contribution in [0, 0.1) is 11.3 Å². The van der Waals surface area contributed by atoms with Crippen molar-refractivity contribution in [1.29, 1.82) is 5.26 Å². The van der Waals surface area contributed by atoms with Crippen LogP contribution in [0.2, 0.25) is 0 Å². The van der Waals surface area contributed by atoms with Crippen molar-refractivity contribution in [3.63, 3.8) is 0 Å². The van der Waals surface area contributed by atoms with Gasteiger partial charge in [-0.1, -0.05) is 6.07 Å². The van der Waals surface area contributed by atoms with Crippen molar-refractivity contribution in [2.75, 3.05) is 17.2 Å². The summed E-state index contributed by atoms with van der Waals surface area (Å²) in [6.45, 7) is 0.438. The molecule has 1 aliphatic carbocycles. The van der Waals surface area contributed by atoms with Crippen molar-refractivity contribution in [1.82, 2.24) is 4.98 Å². The minimum absolute atomic E-state index is 0.252. The van der Waals surface area contributed by atoms with E-state index in [0.717, 1.165) is 36.1 Å². The Kier molecular flexibility index (Phi) is 7.33. The SMILES string of the molecule is N#CCCCOc1cccc(NC(=O)c2c(NC(=O)c3cccnc3)sc3c2CCCC3)c1. The predicted molar refractivity (Wildman–Crippen MR) is 128 cm³/mol. The maximum absolute atomic E-state index is 13.4. The molecule has 1 aromatic carbocycles. The van der Waals surface area contributed by atoms with Gasteiger partial charge in [0.15, 0.2) is 0 Å². The van der Waals surface area contributed by atoms with Gasteiger partial charge in [0.1, 0.15) is 10.8 Å². The molecule has 2 heterocycles. The Balaban J connectivity index is 1.54. The van der Waals surface area contributed by atoms with E-state index < -0.39 is 0 Å². The van der Waals surface area contributed by atoms with E-state index in [2.05, 4.69) is 21.7 Å². The van der Waals surface area contributed by atoms with Crippen molar-refractivity contribution in [3.05, 3.63) is 70.4 Å². The third kappa shape index (κ3) is 5.57. The Morgan fingerprint density at radius 2 is 2.00 bits per heavy atom. The van der Waals surface area contributed by atoms with E-state index >= 15 is 0 Å². The highest BCUT2D eigenvalue weighted by Gasteiger charge is 2.26. The van der Waals surface area contributed by atoms with E-state index in [1.807, 2.05) is 12.1 Å². The van der Waals surface area contributed by atoms with Gasteiger partial charge in [-0.25, -0.2) is 0 Å². The number of ether oxygens (including phenoxy) is 1. The quantitative estimate of drug-likeness (QED) is 0.449. The molecule has 0 saturated carbocycles. The van der Waals surface area contributed by atoms with Crippen LogP contribution in [-0.4, -0.2) is 23.4 Å². The van der Waals surface area contributed by atoms with E-state index in [1.54, 1.807) is 30.5 Å². The highest BCUT2D eigenvalue weighted by molar-refractivity contribution is 7.17. The number of nitrogens with zero attached hydrogens (tertiary/aromatic N) is 2. The van der Waals surface area contributed by atoms with Crippen LogP contribution in [-0.2, 0) is 12.8 Å². The fraction of sp³-hybridized carbons (Fsp3) is 0.280. The van der Waals surface area contributed by atoms with Gasteiger partial charge < -0.3 is 15.4 Å². The summed E-state index contributed by atoms with van der Waals surface area (Å²) in [6.07, 6.45) is 8.03. The van der Waals surface area contributed by atoms with Crippen LogP contribution in [0.25, 0.3) is 0 Å². The van der Waals surface area contributed by atoms with Crippen LogP contribution in [0.15, 0.2) is 48.8 Å². The summed E-state index contributed by atoms with van der Waals surface area (Å²) < 4.78 is 5.67. The summed E-state index contributed by atoms with van der Waals surface area (Å²) in [4.78, 5) is 31.2. The summed E-state index contributed by atoms with van der Waals surface area (Å²) >= 11 is 1.48. The topological polar surface area (TPSA) is 104 Å². The minimum Gasteiger partial charge on any atom is -0.493 e. The number of unbranched alkanes of at least 4 members (excludes halogenated alkanes) is 1. The molecule has 3 aromatic rings. The number of amides is 2. The number of hydrogen-bond donors (Lipinski definition) is 2. The third-order valence-electron chi connectivity index (χ3n) is 5.34. The predicted octanol–water partition coefficient (Wildman–Crippen LogP) is 5.21. The zero-order valence-electron chi connectivity index (χ0n) is 18.1. The zero-order chi connectivity index (χ0) is 23.0. The number of anilines is 2. The summed E-state index contributed by atoms with van der Waals surface area (Å²) in [5, 5.41) is 15.1. The van der Waals surface area contributed by atoms with E-state index in [1.165, 1.54) is 17.5 Å². The monoisotopic (exact) mass is 460 g/mol. The molecule has 1 aliphatic rings. The van der Waals surface area contributed by atoms with Crippen LogP contribution in [0.5, 0.6) is 5.75 Å². The normalized spacial score (nSPS) is 12.3. The molecule has 0 aliphatic heterocycles. The number of benzene rings is 1. The Bertz CT molecular complexity index is 1180. The molecule has 0 unspecified atom stereocenters. The Morgan fingerprint density at radius 3 is 2.82 bits per heavy atom. The van der Waals surface area contributed by atoms with Gasteiger partial charge in [-0.3, -0.25) is 14.6 Å². The zero-order valence-corrected chi connectivity index (χ0v) is 18.9. The van der Waals surface area contributed by atoms with E-state index in [0.29, 0.717) is 47.0 Å². The summed E-state index contributed by atoms with van der Waals surface area (Å²) in [6, 6.07) is 12.7. The number of fused-ring (bicyclic) bond motifs is 1. The standard InChI is InChI=1S/C25H24N4O3S/c26-12-3-4-14-32-19-9-5-8-18(15-19)28-24(31)22-20-10-1-2-11-21(20)33-25(22)29-23(30)17-7-6-13-27-16-17/h5-9,13,15-16H,1-4,10-11,14H2,(H,28,31)(H,29,30). The van der Waals surface area contributed by atoms with Gasteiger partial charge in [-0.05, 0) is 61.9 Å². The molecule has 0 saturated heterocycles. The van der Waals surface area contributed by atoms with Gasteiger partial charge in [0.05, 0.1) is 23.8 Å². The van der Waals surface area contributed by atoms with E-state index in [-0.39, 0.29) is 11.8 Å². The third-order valence-corrected chi connectivity index (χ3v) is 6.55. The van der Waals surface area contributed by atoms with Gasteiger partial charge in [-0.2, -0.15) is 5.26 Å². The number of aryl methyl sites for hydroxylation is 1. The lowest BCUT2D eigenvalue weighted by atomic mass is 9.95. The Morgan fingerprint density at radius 1 is 1.12 bits per heavy atom. The molecular weight excluding hydrogens is 436 g/mol. The van der Waals surface area contributed by atoms with E-state index in [9.17, 15) is 9.59 Å². The number of hydrogen-bond acceptors (Lipinski definition) is 6. The largest absolute Gasteiger partial charge is 0.493 e. The van der Waals surface area contributed by atoms with Crippen molar-refractivity contribution < 1.29 is 14.3 Å². The molecule has 0 radical (unpaired) electrons. The number of carbonyl (C=O) groups excluding carboxylic acids is 2. The first kappa shape index (κ1) is 22.5. The second kappa shape index (κ2) is 10.7. The summed E-state index contributed by atoms with van der Waals surface area (Å²) in [7, 11) is 0. The van der Waals surface area contributed by atoms with Crippen molar-refractivity contribution in [2.45, 2.75) is 38.5 Å². The van der Waals surface area contributed by atoms with Gasteiger partial charge in [-0.15, -0.1) is 11.3 Å². The molecule has 33 heavy (non-hydrogen) atoms. The van der Waals surface area contributed by atoms with Gasteiger partial charge in [0.2, 0.25) is 0 Å². The maximum atomic E-state index is 13.4. The molecule has 0 fully saturated rings. The average molecular weight is 461 g/mol. The van der Waals surface area contributed by atoms with Gasteiger partial charge in [0.25, 0.3) is 11.8 Å². The molecular formula is C25H24N4O3S. The molecule has 8 heteroatoms. The first-order valence-corrected chi connectivity index (χ1v) is 11.7. The highest BCUT2D eigenvalue weighted by Crippen LogP contribution is 2.39. The number of nitrogens with one attached hydrogen (secondary N) is 2. The molecule has 2 amide bonds. The fourth-order valence-electron chi connectivity index (χ4n) is 3.76. The number of nitriles is 1. The number of thiophene rings is 1. The molecule has 168 valence electrons. The van der Waals surface area contributed by atoms with Crippen molar-refractivity contribution >= 4 is 33.8 Å². The van der Waals surface area contributed by atoms with Crippen LogP contribution >= 0.6 is 11.3 Å². The Hall–Kier alpha value is -3.70. The minimum atomic E-state index is -0.288. The lowest BCUT2D eigenvalue weighted by Crippen LogP contribution is -2.18. The second-order valence-corrected chi connectivity index (χ2v) is 8.81. The lowest BCUT2D eigenvalue weighted by molar-refractivity contribution is 0.102. The van der Waals surface area contributed by atoms with Crippen molar-refractivity contribution in [3.8, 4) is 11.8 Å². The van der Waals surface area contributed by atoms with Crippen LogP contribution < -0.4 is 15.4 Å². The molecule has 2 N–H and O–H groups in total. The number of carbonyl (C=O) groups is 2. The van der Waals surface area contributed by atoms with E-state index in [4.69, 9.17) is 10.00 Å². The lowest BCUT2D eigenvalue weighted by Gasteiger charge is -2.14.